The van der Waals surface area contributed by atoms with Gasteiger partial charge in [0.2, 0.25) is 0 Å². The Labute approximate surface area is 170 Å². The molecule has 0 bridgehead atoms. The molecule has 0 radical (unpaired) electrons. The van der Waals surface area contributed by atoms with E-state index in [0.29, 0.717) is 18.0 Å². The summed E-state index contributed by atoms with van der Waals surface area (Å²) in [6.45, 7) is 6.25. The number of carbonyl (C=O) groups is 1. The predicted molar refractivity (Wildman–Crippen MR) is 109 cm³/mol. The van der Waals surface area contributed by atoms with Crippen molar-refractivity contribution in [2.75, 3.05) is 6.54 Å². The molecule has 0 aliphatic heterocycles. The number of amides is 1. The number of imidazole rings is 1. The zero-order valence-corrected chi connectivity index (χ0v) is 17.0. The van der Waals surface area contributed by atoms with E-state index >= 15 is 0 Å². The summed E-state index contributed by atoms with van der Waals surface area (Å²) in [5, 5.41) is 14.3. The van der Waals surface area contributed by atoms with Gasteiger partial charge in [-0.1, -0.05) is 13.8 Å². The Kier molecular flexibility index (Phi) is 9.43. The van der Waals surface area contributed by atoms with Crippen molar-refractivity contribution in [3.63, 3.8) is 0 Å². The molecular formula is C17H25Cl2N5O3. The second-order valence-electron chi connectivity index (χ2n) is 6.75. The van der Waals surface area contributed by atoms with Crippen LogP contribution in [0.1, 0.15) is 37.6 Å². The number of nitrogens with two attached hydrogens (primary N) is 1. The lowest BCUT2D eigenvalue weighted by molar-refractivity contribution is -0.384. The van der Waals surface area contributed by atoms with Gasteiger partial charge in [-0.2, -0.15) is 0 Å². The number of rotatable bonds is 7. The van der Waals surface area contributed by atoms with Crippen molar-refractivity contribution < 1.29 is 9.72 Å². The molecule has 1 atom stereocenters. The van der Waals surface area contributed by atoms with Crippen molar-refractivity contribution in [2.45, 2.75) is 32.7 Å². The van der Waals surface area contributed by atoms with Crippen LogP contribution in [-0.4, -0.2) is 32.5 Å². The van der Waals surface area contributed by atoms with Crippen LogP contribution < -0.4 is 11.1 Å². The fourth-order valence-corrected chi connectivity index (χ4v) is 2.86. The minimum absolute atomic E-state index is 0. The van der Waals surface area contributed by atoms with Gasteiger partial charge in [-0.05, 0) is 31.4 Å². The van der Waals surface area contributed by atoms with Crippen molar-refractivity contribution in [3.05, 3.63) is 52.6 Å². The van der Waals surface area contributed by atoms with Gasteiger partial charge >= 0.3 is 0 Å². The van der Waals surface area contributed by atoms with Gasteiger partial charge < -0.3 is 15.6 Å². The Bertz CT molecular complexity index is 768. The van der Waals surface area contributed by atoms with E-state index in [2.05, 4.69) is 10.3 Å². The highest BCUT2D eigenvalue weighted by Crippen LogP contribution is 2.25. The number of hydrogen-bond donors (Lipinski definition) is 2. The van der Waals surface area contributed by atoms with Crippen LogP contribution in [0.25, 0.3) is 5.69 Å². The second kappa shape index (κ2) is 10.2. The summed E-state index contributed by atoms with van der Waals surface area (Å²) in [6.07, 6.45) is 5.32. The Morgan fingerprint density at radius 2 is 2.07 bits per heavy atom. The standard InChI is InChI=1S/C17H23N5O3.2ClH/c1-12(2)9-17(3,10-18)20-16(23)13-4-5-14(15(8-13)22(24)25)21-7-6-19-11-21;;/h4-8,11-12H,9-10,18H2,1-3H3,(H,20,23);2*1H. The van der Waals surface area contributed by atoms with Crippen molar-refractivity contribution in [2.24, 2.45) is 11.7 Å². The smallest absolute Gasteiger partial charge is 0.294 e. The zero-order valence-electron chi connectivity index (χ0n) is 15.4. The lowest BCUT2D eigenvalue weighted by Gasteiger charge is -2.31. The molecule has 0 aliphatic rings. The quantitative estimate of drug-likeness (QED) is 0.529. The molecule has 2 rings (SSSR count). The normalized spacial score (nSPS) is 12.5. The number of benzene rings is 1. The molecule has 0 fully saturated rings. The Hall–Kier alpha value is -2.16. The summed E-state index contributed by atoms with van der Waals surface area (Å²) < 4.78 is 1.53. The SMILES string of the molecule is CC(C)CC(C)(CN)NC(=O)c1ccc(-n2ccnc2)c([N+](=O)[O-])c1.Cl.Cl. The highest BCUT2D eigenvalue weighted by Gasteiger charge is 2.27. The molecule has 0 saturated heterocycles. The lowest BCUT2D eigenvalue weighted by atomic mass is 9.90. The van der Waals surface area contributed by atoms with Gasteiger partial charge in [0, 0.05) is 36.1 Å². The minimum atomic E-state index is -0.566. The Morgan fingerprint density at radius 1 is 1.41 bits per heavy atom. The van der Waals surface area contributed by atoms with Crippen LogP contribution >= 0.6 is 24.8 Å². The molecule has 2 aromatic rings. The minimum Gasteiger partial charge on any atom is -0.346 e. The molecule has 150 valence electrons. The molecule has 10 heteroatoms. The van der Waals surface area contributed by atoms with Crippen molar-refractivity contribution in [1.82, 2.24) is 14.9 Å². The van der Waals surface area contributed by atoms with Crippen LogP contribution in [0, 0.1) is 16.0 Å². The number of aromatic nitrogens is 2. The largest absolute Gasteiger partial charge is 0.346 e. The molecule has 27 heavy (non-hydrogen) atoms. The van der Waals surface area contributed by atoms with E-state index in [1.54, 1.807) is 12.3 Å². The van der Waals surface area contributed by atoms with Crippen molar-refractivity contribution in [1.29, 1.82) is 0 Å². The molecule has 0 saturated carbocycles. The molecule has 1 amide bonds. The van der Waals surface area contributed by atoms with E-state index in [-0.39, 0.29) is 48.5 Å². The first kappa shape index (κ1) is 24.8. The Balaban J connectivity index is 0.00000338. The summed E-state index contributed by atoms with van der Waals surface area (Å²) in [6, 6.07) is 4.37. The molecular weight excluding hydrogens is 393 g/mol. The van der Waals surface area contributed by atoms with Gasteiger partial charge in [0.25, 0.3) is 11.6 Å². The first-order chi connectivity index (χ1) is 11.8. The maximum absolute atomic E-state index is 12.6. The highest BCUT2D eigenvalue weighted by atomic mass is 35.5. The molecule has 8 nitrogen and oxygen atoms in total. The summed E-state index contributed by atoms with van der Waals surface area (Å²) in [5.41, 5.74) is 5.66. The average molecular weight is 418 g/mol. The Morgan fingerprint density at radius 3 is 2.56 bits per heavy atom. The number of nitrogens with one attached hydrogen (secondary N) is 1. The summed E-state index contributed by atoms with van der Waals surface area (Å²) in [5.74, 6) is -0.0271. The fraction of sp³-hybridized carbons (Fsp3) is 0.412. The van der Waals surface area contributed by atoms with Gasteiger partial charge in [-0.3, -0.25) is 14.9 Å². The van der Waals surface area contributed by atoms with Gasteiger partial charge in [0.15, 0.2) is 0 Å². The first-order valence-electron chi connectivity index (χ1n) is 8.05. The van der Waals surface area contributed by atoms with E-state index in [1.165, 1.54) is 29.2 Å². The van der Waals surface area contributed by atoms with Crippen LogP contribution in [0.3, 0.4) is 0 Å². The van der Waals surface area contributed by atoms with Crippen LogP contribution in [0.5, 0.6) is 0 Å². The monoisotopic (exact) mass is 417 g/mol. The van der Waals surface area contributed by atoms with Gasteiger partial charge in [0.1, 0.15) is 5.69 Å². The lowest BCUT2D eigenvalue weighted by Crippen LogP contribution is -2.52. The molecule has 1 aromatic carbocycles. The summed E-state index contributed by atoms with van der Waals surface area (Å²) >= 11 is 0. The topological polar surface area (TPSA) is 116 Å². The van der Waals surface area contributed by atoms with Gasteiger partial charge in [-0.25, -0.2) is 4.98 Å². The predicted octanol–water partition coefficient (Wildman–Crippen LogP) is 3.12. The van der Waals surface area contributed by atoms with E-state index in [9.17, 15) is 14.9 Å². The number of nitrogens with zero attached hydrogens (tertiary/aromatic N) is 3. The first-order valence-corrected chi connectivity index (χ1v) is 8.05. The maximum Gasteiger partial charge on any atom is 0.294 e. The van der Waals surface area contributed by atoms with E-state index in [0.717, 1.165) is 0 Å². The third kappa shape index (κ3) is 6.20. The number of hydrogen-bond acceptors (Lipinski definition) is 5. The molecule has 1 aromatic heterocycles. The molecule has 1 unspecified atom stereocenters. The van der Waals surface area contributed by atoms with Crippen LogP contribution in [0.4, 0.5) is 5.69 Å². The summed E-state index contributed by atoms with van der Waals surface area (Å²) in [7, 11) is 0. The number of nitro groups is 1. The van der Waals surface area contributed by atoms with Crippen LogP contribution in [0.2, 0.25) is 0 Å². The number of nitro benzene ring substituents is 1. The van der Waals surface area contributed by atoms with Crippen molar-refractivity contribution in [3.8, 4) is 5.69 Å². The third-order valence-corrected chi connectivity index (χ3v) is 3.94. The number of halogens is 2. The van der Waals surface area contributed by atoms with Crippen molar-refractivity contribution >= 4 is 36.4 Å². The molecule has 3 N–H and O–H groups in total. The third-order valence-electron chi connectivity index (χ3n) is 3.94. The number of carbonyl (C=O) groups excluding carboxylic acids is 1. The maximum atomic E-state index is 12.6. The molecule has 0 spiro atoms. The van der Waals surface area contributed by atoms with Gasteiger partial charge in [-0.15, -0.1) is 24.8 Å². The van der Waals surface area contributed by atoms with E-state index in [4.69, 9.17) is 5.73 Å². The van der Waals surface area contributed by atoms with Crippen LogP contribution in [-0.2, 0) is 0 Å². The van der Waals surface area contributed by atoms with E-state index < -0.39 is 10.5 Å². The fourth-order valence-electron chi connectivity index (χ4n) is 2.86. The zero-order chi connectivity index (χ0) is 18.6. The molecule has 1 heterocycles. The second-order valence-corrected chi connectivity index (χ2v) is 6.75. The van der Waals surface area contributed by atoms with Gasteiger partial charge in [0.05, 0.1) is 11.3 Å². The summed E-state index contributed by atoms with van der Waals surface area (Å²) in [4.78, 5) is 27.3. The highest BCUT2D eigenvalue weighted by molar-refractivity contribution is 5.95. The average Bonchev–Trinajstić information content (AvgIpc) is 3.07. The molecule has 0 aliphatic carbocycles. The van der Waals surface area contributed by atoms with Crippen LogP contribution in [0.15, 0.2) is 36.9 Å². The van der Waals surface area contributed by atoms with E-state index in [1.807, 2.05) is 20.8 Å².